The Hall–Kier alpha value is -2.56. The van der Waals surface area contributed by atoms with Gasteiger partial charge in [0.05, 0.1) is 17.1 Å². The third-order valence-electron chi connectivity index (χ3n) is 3.54. The minimum absolute atomic E-state index is 0.111. The Labute approximate surface area is 171 Å². The van der Waals surface area contributed by atoms with Gasteiger partial charge in [0, 0.05) is 18.3 Å². The minimum atomic E-state index is -3.73. The summed E-state index contributed by atoms with van der Waals surface area (Å²) in [5.74, 6) is -0.0364. The van der Waals surface area contributed by atoms with Crippen LogP contribution in [0.5, 0.6) is 5.88 Å². The summed E-state index contributed by atoms with van der Waals surface area (Å²) in [6, 6.07) is 9.00. The summed E-state index contributed by atoms with van der Waals surface area (Å²) in [5.41, 5.74) is 1.14. The number of halogens is 1. The van der Waals surface area contributed by atoms with Gasteiger partial charge in [0.25, 0.3) is 21.8 Å². The van der Waals surface area contributed by atoms with E-state index in [9.17, 15) is 13.2 Å². The van der Waals surface area contributed by atoms with Crippen LogP contribution in [0, 0.1) is 0 Å². The molecule has 1 amide bonds. The summed E-state index contributed by atoms with van der Waals surface area (Å²) in [5, 5.41) is 6.86. The summed E-state index contributed by atoms with van der Waals surface area (Å²) >= 11 is 6.75. The van der Waals surface area contributed by atoms with Crippen LogP contribution in [0.3, 0.4) is 0 Å². The monoisotopic (exact) mass is 440 g/mol. The smallest absolute Gasteiger partial charge is 0.271 e. The number of nitrogens with zero attached hydrogens (tertiary/aromatic N) is 2. The first-order valence-corrected chi connectivity index (χ1v) is 10.8. The van der Waals surface area contributed by atoms with E-state index in [4.69, 9.17) is 16.3 Å². The molecule has 0 aliphatic carbocycles. The highest BCUT2D eigenvalue weighted by Crippen LogP contribution is 2.27. The summed E-state index contributed by atoms with van der Waals surface area (Å²) in [6.45, 7) is 2.24. The van der Waals surface area contributed by atoms with Gasteiger partial charge in [-0.2, -0.15) is 0 Å². The van der Waals surface area contributed by atoms with Crippen LogP contribution in [0.2, 0.25) is 4.34 Å². The van der Waals surface area contributed by atoms with Gasteiger partial charge in [-0.25, -0.2) is 8.42 Å². The van der Waals surface area contributed by atoms with Crippen LogP contribution in [-0.4, -0.2) is 30.7 Å². The number of carbonyl (C=O) groups is 1. The van der Waals surface area contributed by atoms with E-state index in [1.54, 1.807) is 13.2 Å². The number of carbonyl (C=O) groups excluding carboxylic acids is 1. The number of nitrogens with one attached hydrogen (secondary N) is 2. The van der Waals surface area contributed by atoms with E-state index in [1.807, 2.05) is 6.92 Å². The predicted octanol–water partition coefficient (Wildman–Crippen LogP) is 3.59. The molecule has 0 fully saturated rings. The Balaban J connectivity index is 1.71. The first kappa shape index (κ1) is 20.2. The fourth-order valence-corrected chi connectivity index (χ4v) is 4.87. The lowest BCUT2D eigenvalue weighted by Gasteiger charge is -2.08. The van der Waals surface area contributed by atoms with Gasteiger partial charge in [-0.15, -0.1) is 16.4 Å². The van der Waals surface area contributed by atoms with Crippen molar-refractivity contribution in [3.8, 4) is 5.88 Å². The van der Waals surface area contributed by atoms with Crippen LogP contribution in [0.25, 0.3) is 0 Å². The lowest BCUT2D eigenvalue weighted by Crippen LogP contribution is -2.14. The first-order chi connectivity index (χ1) is 13.3. The fraction of sp³-hybridized carbons (Fsp3) is 0.176. The Morgan fingerprint density at radius 1 is 1.25 bits per heavy atom. The summed E-state index contributed by atoms with van der Waals surface area (Å²) in [6.07, 6.45) is 1.64. The number of aromatic nitrogens is 2. The number of hydrogen-bond donors (Lipinski definition) is 2. The average molecular weight is 441 g/mol. The number of anilines is 2. The predicted molar refractivity (Wildman–Crippen MR) is 109 cm³/mol. The first-order valence-electron chi connectivity index (χ1n) is 8.14. The van der Waals surface area contributed by atoms with Crippen LogP contribution >= 0.6 is 22.9 Å². The van der Waals surface area contributed by atoms with Crippen LogP contribution in [0.1, 0.15) is 17.3 Å². The SMILES string of the molecule is CCOc1nn(C)cc1NC(=O)c1ccc(NS(=O)(=O)c2ccc(Cl)s2)cc1. The maximum atomic E-state index is 12.4. The number of rotatable bonds is 7. The van der Waals surface area contributed by atoms with E-state index in [1.165, 1.54) is 41.1 Å². The quantitative estimate of drug-likeness (QED) is 0.584. The van der Waals surface area contributed by atoms with Crippen molar-refractivity contribution in [3.05, 3.63) is 52.5 Å². The lowest BCUT2D eigenvalue weighted by molar-refractivity contribution is 0.102. The standard InChI is InChI=1S/C17H17ClN4O4S2/c1-3-26-17-13(10-22(2)20-17)19-16(23)11-4-6-12(7-5-11)21-28(24,25)15-9-8-14(18)27-15/h4-10,21H,3H2,1-2H3,(H,19,23). The Morgan fingerprint density at radius 3 is 2.57 bits per heavy atom. The molecule has 3 aromatic rings. The molecule has 3 rings (SSSR count). The number of ether oxygens (including phenoxy) is 1. The molecule has 0 spiro atoms. The molecule has 2 N–H and O–H groups in total. The van der Waals surface area contributed by atoms with E-state index >= 15 is 0 Å². The number of amides is 1. The molecule has 1 aromatic carbocycles. The molecule has 148 valence electrons. The van der Waals surface area contributed by atoms with E-state index in [-0.39, 0.29) is 10.1 Å². The zero-order valence-electron chi connectivity index (χ0n) is 15.0. The third-order valence-corrected chi connectivity index (χ3v) is 6.64. The second-order valence-corrected chi connectivity index (χ2v) is 9.27. The molecule has 28 heavy (non-hydrogen) atoms. The van der Waals surface area contributed by atoms with Crippen molar-refractivity contribution in [1.82, 2.24) is 9.78 Å². The van der Waals surface area contributed by atoms with Crippen LogP contribution in [-0.2, 0) is 17.1 Å². The zero-order chi connectivity index (χ0) is 20.3. The van der Waals surface area contributed by atoms with E-state index < -0.39 is 10.0 Å². The summed E-state index contributed by atoms with van der Waals surface area (Å²) in [7, 11) is -2.01. The van der Waals surface area contributed by atoms with Crippen LogP contribution in [0.15, 0.2) is 46.8 Å². The van der Waals surface area contributed by atoms with Gasteiger partial charge in [-0.05, 0) is 43.3 Å². The van der Waals surface area contributed by atoms with Crippen molar-refractivity contribution in [2.45, 2.75) is 11.1 Å². The molecule has 0 unspecified atom stereocenters. The molecule has 2 heterocycles. The Bertz CT molecular complexity index is 1090. The Kier molecular flexibility index (Phi) is 5.92. The number of thiophene rings is 1. The van der Waals surface area contributed by atoms with Crippen molar-refractivity contribution in [2.24, 2.45) is 7.05 Å². The van der Waals surface area contributed by atoms with Crippen molar-refractivity contribution < 1.29 is 17.9 Å². The topological polar surface area (TPSA) is 102 Å². The molecule has 0 atom stereocenters. The molecule has 0 saturated carbocycles. The van der Waals surface area contributed by atoms with Gasteiger partial charge in [0.15, 0.2) is 0 Å². The van der Waals surface area contributed by atoms with Crippen molar-refractivity contribution in [1.29, 1.82) is 0 Å². The highest BCUT2D eigenvalue weighted by Gasteiger charge is 2.17. The maximum absolute atomic E-state index is 12.4. The summed E-state index contributed by atoms with van der Waals surface area (Å²) < 4.78 is 34.5. The fourth-order valence-electron chi connectivity index (χ4n) is 2.33. The van der Waals surface area contributed by atoms with Crippen LogP contribution < -0.4 is 14.8 Å². The average Bonchev–Trinajstić information content (AvgIpc) is 3.22. The van der Waals surface area contributed by atoms with Crippen LogP contribution in [0.4, 0.5) is 11.4 Å². The largest absolute Gasteiger partial charge is 0.475 e. The zero-order valence-corrected chi connectivity index (χ0v) is 17.4. The molecule has 8 nitrogen and oxygen atoms in total. The van der Waals surface area contributed by atoms with Gasteiger partial charge >= 0.3 is 0 Å². The third kappa shape index (κ3) is 4.64. The number of sulfonamides is 1. The molecule has 0 radical (unpaired) electrons. The van der Waals surface area contributed by atoms with E-state index in [2.05, 4.69) is 15.1 Å². The highest BCUT2D eigenvalue weighted by molar-refractivity contribution is 7.94. The molecular weight excluding hydrogens is 424 g/mol. The minimum Gasteiger partial charge on any atom is -0.475 e. The van der Waals surface area contributed by atoms with Gasteiger partial charge in [-0.1, -0.05) is 11.6 Å². The molecule has 0 aliphatic rings. The molecule has 0 aliphatic heterocycles. The molecular formula is C17H17ClN4O4S2. The molecule has 0 bridgehead atoms. The maximum Gasteiger partial charge on any atom is 0.271 e. The number of hydrogen-bond acceptors (Lipinski definition) is 6. The van der Waals surface area contributed by atoms with Crippen molar-refractivity contribution in [3.63, 3.8) is 0 Å². The normalized spacial score (nSPS) is 11.2. The number of benzene rings is 1. The molecule has 11 heteroatoms. The second kappa shape index (κ2) is 8.21. The Morgan fingerprint density at radius 2 is 1.96 bits per heavy atom. The molecule has 0 saturated heterocycles. The van der Waals surface area contributed by atoms with E-state index in [0.29, 0.717) is 33.8 Å². The highest BCUT2D eigenvalue weighted by atomic mass is 35.5. The van der Waals surface area contributed by atoms with Gasteiger partial charge in [-0.3, -0.25) is 14.2 Å². The lowest BCUT2D eigenvalue weighted by atomic mass is 10.2. The van der Waals surface area contributed by atoms with Gasteiger partial charge < -0.3 is 10.1 Å². The second-order valence-electron chi connectivity index (χ2n) is 5.65. The van der Waals surface area contributed by atoms with Crippen molar-refractivity contribution in [2.75, 3.05) is 16.6 Å². The molecule has 2 aromatic heterocycles. The van der Waals surface area contributed by atoms with Gasteiger partial charge in [0.1, 0.15) is 9.90 Å². The number of aryl methyl sites for hydroxylation is 1. The van der Waals surface area contributed by atoms with E-state index in [0.717, 1.165) is 11.3 Å². The summed E-state index contributed by atoms with van der Waals surface area (Å²) in [4.78, 5) is 12.4. The van der Waals surface area contributed by atoms with Gasteiger partial charge in [0.2, 0.25) is 0 Å². The van der Waals surface area contributed by atoms with Crippen molar-refractivity contribution >= 4 is 50.2 Å².